The van der Waals surface area contributed by atoms with Crippen LogP contribution in [0.1, 0.15) is 57.6 Å². The normalized spacial score (nSPS) is 14.3. The van der Waals surface area contributed by atoms with Crippen LogP contribution >= 0.6 is 11.9 Å². The van der Waals surface area contributed by atoms with Crippen LogP contribution in [-0.4, -0.2) is 85.5 Å². The average molecular weight is 627 g/mol. The number of rotatable bonds is 10. The number of carbonyl (C=O) groups is 3. The van der Waals surface area contributed by atoms with Crippen LogP contribution in [0.2, 0.25) is 0 Å². The van der Waals surface area contributed by atoms with Gasteiger partial charge in [-0.1, -0.05) is 60.7 Å². The molecule has 4 aromatic rings. The number of pyridine rings is 1. The summed E-state index contributed by atoms with van der Waals surface area (Å²) in [4.78, 5) is 49.2. The van der Waals surface area contributed by atoms with Gasteiger partial charge in [-0.2, -0.15) is 5.10 Å². The number of ether oxygens (including phenoxy) is 1. The number of amides is 2. The molecule has 0 saturated carbocycles. The van der Waals surface area contributed by atoms with Crippen molar-refractivity contribution in [2.24, 2.45) is 7.05 Å². The van der Waals surface area contributed by atoms with Crippen molar-refractivity contribution in [3.8, 4) is 0 Å². The third kappa shape index (κ3) is 7.26. The maximum atomic E-state index is 14.0. The minimum absolute atomic E-state index is 0.0635. The van der Waals surface area contributed by atoms with Gasteiger partial charge in [0.05, 0.1) is 18.2 Å². The van der Waals surface area contributed by atoms with Crippen LogP contribution in [0.4, 0.5) is 0 Å². The monoisotopic (exact) mass is 626 g/mol. The van der Waals surface area contributed by atoms with E-state index < -0.39 is 17.9 Å². The molecular formula is C34H38N6O4S. The topological polar surface area (TPSA) is 101 Å². The van der Waals surface area contributed by atoms with Gasteiger partial charge in [-0.15, -0.1) is 0 Å². The fraction of sp³-hybridized carbons (Fsp3) is 0.324. The van der Waals surface area contributed by atoms with Crippen molar-refractivity contribution in [1.82, 2.24) is 28.9 Å². The van der Waals surface area contributed by atoms with Gasteiger partial charge in [0.15, 0.2) is 5.69 Å². The largest absolute Gasteiger partial charge is 0.462 e. The van der Waals surface area contributed by atoms with E-state index in [1.807, 2.05) is 48.2 Å². The fourth-order valence-corrected chi connectivity index (χ4v) is 6.41. The summed E-state index contributed by atoms with van der Waals surface area (Å²) in [7, 11) is 1.76. The van der Waals surface area contributed by atoms with Crippen molar-refractivity contribution in [1.29, 1.82) is 0 Å². The maximum Gasteiger partial charge on any atom is 0.340 e. The zero-order valence-corrected chi connectivity index (χ0v) is 26.8. The third-order valence-electron chi connectivity index (χ3n) is 7.92. The molecule has 1 aliphatic rings. The Hall–Kier alpha value is -4.48. The van der Waals surface area contributed by atoms with Gasteiger partial charge in [0.2, 0.25) is 5.91 Å². The number of aromatic nitrogens is 3. The van der Waals surface area contributed by atoms with E-state index in [1.54, 1.807) is 50.0 Å². The van der Waals surface area contributed by atoms with E-state index in [2.05, 4.69) is 39.2 Å². The summed E-state index contributed by atoms with van der Waals surface area (Å²) in [6.45, 7) is 7.83. The molecule has 1 fully saturated rings. The van der Waals surface area contributed by atoms with E-state index in [1.165, 1.54) is 15.4 Å². The van der Waals surface area contributed by atoms with Crippen LogP contribution in [0.15, 0.2) is 90.1 Å². The highest BCUT2D eigenvalue weighted by Gasteiger charge is 2.36. The van der Waals surface area contributed by atoms with Crippen LogP contribution in [0.5, 0.6) is 0 Å². The summed E-state index contributed by atoms with van der Waals surface area (Å²) < 4.78 is 8.21. The van der Waals surface area contributed by atoms with E-state index in [4.69, 9.17) is 4.74 Å². The average Bonchev–Trinajstić information content (AvgIpc) is 3.42. The van der Waals surface area contributed by atoms with E-state index in [0.717, 1.165) is 17.6 Å². The Morgan fingerprint density at radius 1 is 0.933 bits per heavy atom. The number of aryl methyl sites for hydroxylation is 2. The number of nitrogens with zero attached hydrogens (tertiary/aromatic N) is 6. The Kier molecular flexibility index (Phi) is 10.3. The van der Waals surface area contributed by atoms with Gasteiger partial charge in [-0.05, 0) is 50.1 Å². The van der Waals surface area contributed by atoms with E-state index in [-0.39, 0.29) is 34.8 Å². The Morgan fingerprint density at radius 2 is 1.56 bits per heavy atom. The van der Waals surface area contributed by atoms with Crippen molar-refractivity contribution >= 4 is 29.7 Å². The minimum Gasteiger partial charge on any atom is -0.462 e. The summed E-state index contributed by atoms with van der Waals surface area (Å²) in [5, 5.41) is 4.64. The lowest BCUT2D eigenvalue weighted by Gasteiger charge is -2.41. The second kappa shape index (κ2) is 14.5. The number of benzene rings is 2. The standard InChI is InChI=1S/C34H38N6O4S/c1-5-44-34(43)28-17-12-18-35-31(28)45-40(33(42)29-23-24(2)37(4)36-29)25(3)32(41)39-21-19-38(20-22-39)30(26-13-8-6-9-14-26)27-15-10-7-11-16-27/h6-18,23,25,30H,5,19-22H2,1-4H3/t25-/m1/s1. The quantitative estimate of drug-likeness (QED) is 0.183. The van der Waals surface area contributed by atoms with Gasteiger partial charge >= 0.3 is 5.97 Å². The van der Waals surface area contributed by atoms with Gasteiger partial charge < -0.3 is 9.64 Å². The molecule has 11 heteroatoms. The van der Waals surface area contributed by atoms with E-state index in [9.17, 15) is 14.4 Å². The van der Waals surface area contributed by atoms with Gasteiger partial charge in [0.1, 0.15) is 11.1 Å². The Balaban J connectivity index is 1.37. The predicted octanol–water partition coefficient (Wildman–Crippen LogP) is 4.77. The highest BCUT2D eigenvalue weighted by Crippen LogP contribution is 2.32. The summed E-state index contributed by atoms with van der Waals surface area (Å²) in [6.07, 6.45) is 1.54. The molecule has 1 saturated heterocycles. The zero-order chi connectivity index (χ0) is 31.9. The maximum absolute atomic E-state index is 14.0. The van der Waals surface area contributed by atoms with Crippen LogP contribution in [0.25, 0.3) is 0 Å². The van der Waals surface area contributed by atoms with Gasteiger partial charge in [-0.3, -0.25) is 23.5 Å². The van der Waals surface area contributed by atoms with E-state index in [0.29, 0.717) is 26.2 Å². The van der Waals surface area contributed by atoms with Crippen LogP contribution in [-0.2, 0) is 16.6 Å². The summed E-state index contributed by atoms with van der Waals surface area (Å²) in [6, 6.07) is 24.9. The smallest absolute Gasteiger partial charge is 0.340 e. The molecule has 3 heterocycles. The lowest BCUT2D eigenvalue weighted by atomic mass is 9.96. The lowest BCUT2D eigenvalue weighted by Crippen LogP contribution is -2.54. The molecule has 0 bridgehead atoms. The Labute approximate surface area is 268 Å². The molecule has 0 radical (unpaired) electrons. The number of hydrogen-bond acceptors (Lipinski definition) is 8. The van der Waals surface area contributed by atoms with Crippen molar-refractivity contribution in [3.05, 3.63) is 113 Å². The Morgan fingerprint density at radius 3 is 2.11 bits per heavy atom. The summed E-state index contributed by atoms with van der Waals surface area (Å²) in [5.41, 5.74) is 3.62. The van der Waals surface area contributed by atoms with Crippen LogP contribution < -0.4 is 0 Å². The van der Waals surface area contributed by atoms with Crippen molar-refractivity contribution < 1.29 is 19.1 Å². The highest BCUT2D eigenvalue weighted by molar-refractivity contribution is 7.97. The number of carbonyl (C=O) groups excluding carboxylic acids is 3. The van der Waals surface area contributed by atoms with Crippen molar-refractivity contribution in [2.75, 3.05) is 32.8 Å². The Bertz CT molecular complexity index is 1560. The molecule has 0 unspecified atom stereocenters. The molecule has 2 amide bonds. The number of piperazine rings is 1. The van der Waals surface area contributed by atoms with Crippen molar-refractivity contribution in [3.63, 3.8) is 0 Å². The first-order valence-corrected chi connectivity index (χ1v) is 15.8. The molecule has 10 nitrogen and oxygen atoms in total. The summed E-state index contributed by atoms with van der Waals surface area (Å²) in [5.74, 6) is -1.18. The molecular weight excluding hydrogens is 588 g/mol. The zero-order valence-electron chi connectivity index (χ0n) is 26.0. The molecule has 0 N–H and O–H groups in total. The predicted molar refractivity (Wildman–Crippen MR) is 173 cm³/mol. The molecule has 45 heavy (non-hydrogen) atoms. The SMILES string of the molecule is CCOC(=O)c1cccnc1SN(C(=O)c1cc(C)n(C)n1)[C@H](C)C(=O)N1CCN(C(c2ccccc2)c2ccccc2)CC1. The van der Waals surface area contributed by atoms with Crippen LogP contribution in [0.3, 0.4) is 0 Å². The second-order valence-electron chi connectivity index (χ2n) is 10.9. The lowest BCUT2D eigenvalue weighted by molar-refractivity contribution is -0.136. The molecule has 0 spiro atoms. The molecule has 234 valence electrons. The molecule has 1 atom stereocenters. The summed E-state index contributed by atoms with van der Waals surface area (Å²) >= 11 is 0.953. The first-order chi connectivity index (χ1) is 21.8. The van der Waals surface area contributed by atoms with Crippen molar-refractivity contribution in [2.45, 2.75) is 37.9 Å². The van der Waals surface area contributed by atoms with Gasteiger partial charge in [0.25, 0.3) is 5.91 Å². The molecule has 1 aliphatic heterocycles. The molecule has 0 aliphatic carbocycles. The third-order valence-corrected chi connectivity index (χ3v) is 9.09. The minimum atomic E-state index is -0.868. The molecule has 2 aromatic carbocycles. The first kappa shape index (κ1) is 31.9. The van der Waals surface area contributed by atoms with Gasteiger partial charge in [-0.25, -0.2) is 9.78 Å². The fourth-order valence-electron chi connectivity index (χ4n) is 5.45. The number of hydrogen-bond donors (Lipinski definition) is 0. The highest BCUT2D eigenvalue weighted by atomic mass is 32.2. The first-order valence-electron chi connectivity index (χ1n) is 15.1. The second-order valence-corrected chi connectivity index (χ2v) is 11.8. The van der Waals surface area contributed by atoms with Gasteiger partial charge in [0, 0.05) is 57.1 Å². The van der Waals surface area contributed by atoms with E-state index >= 15 is 0 Å². The van der Waals surface area contributed by atoms with Crippen LogP contribution in [0, 0.1) is 6.92 Å². The molecule has 2 aromatic heterocycles. The number of esters is 1. The molecule has 5 rings (SSSR count).